The first-order valence-electron chi connectivity index (χ1n) is 6.60. The van der Waals surface area contributed by atoms with Crippen molar-refractivity contribution in [1.82, 2.24) is 0 Å². The molecule has 21 heavy (non-hydrogen) atoms. The maximum Gasteiger partial charge on any atom is 0.416 e. The van der Waals surface area contributed by atoms with E-state index in [1.807, 2.05) is 22.6 Å². The van der Waals surface area contributed by atoms with Crippen LogP contribution in [-0.4, -0.2) is 19.1 Å². The molecule has 0 unspecified atom stereocenters. The van der Waals surface area contributed by atoms with Gasteiger partial charge in [-0.2, -0.15) is 13.2 Å². The van der Waals surface area contributed by atoms with Crippen molar-refractivity contribution in [2.24, 2.45) is 5.92 Å². The van der Waals surface area contributed by atoms with Gasteiger partial charge in [0.2, 0.25) is 5.91 Å². The molecule has 1 aromatic rings. The van der Waals surface area contributed by atoms with E-state index in [2.05, 4.69) is 5.32 Å². The molecular formula is C14H15F3INO2. The van der Waals surface area contributed by atoms with Crippen LogP contribution in [-0.2, 0) is 15.7 Å². The van der Waals surface area contributed by atoms with E-state index in [9.17, 15) is 18.0 Å². The molecule has 7 heteroatoms. The van der Waals surface area contributed by atoms with Crippen LogP contribution in [0.15, 0.2) is 18.2 Å². The minimum Gasteiger partial charge on any atom is -0.381 e. The molecule has 1 amide bonds. The third kappa shape index (κ3) is 4.84. The van der Waals surface area contributed by atoms with Crippen molar-refractivity contribution >= 4 is 34.2 Å². The van der Waals surface area contributed by atoms with E-state index >= 15 is 0 Å². The Morgan fingerprint density at radius 3 is 2.62 bits per heavy atom. The lowest BCUT2D eigenvalue weighted by molar-refractivity contribution is -0.137. The molecule has 0 spiro atoms. The number of amides is 1. The first-order chi connectivity index (χ1) is 9.86. The largest absolute Gasteiger partial charge is 0.416 e. The van der Waals surface area contributed by atoms with Crippen molar-refractivity contribution in [3.63, 3.8) is 0 Å². The number of hydrogen-bond acceptors (Lipinski definition) is 2. The molecule has 1 aromatic carbocycles. The minimum absolute atomic E-state index is 0.211. The first kappa shape index (κ1) is 16.5. The zero-order valence-corrected chi connectivity index (χ0v) is 13.3. The zero-order chi connectivity index (χ0) is 15.5. The van der Waals surface area contributed by atoms with Gasteiger partial charge in [-0.05, 0) is 59.5 Å². The molecule has 116 valence electrons. The number of carbonyl (C=O) groups is 1. The summed E-state index contributed by atoms with van der Waals surface area (Å²) in [4.78, 5) is 12.0. The Labute approximate surface area is 134 Å². The first-order valence-corrected chi connectivity index (χ1v) is 7.68. The van der Waals surface area contributed by atoms with Crippen LogP contribution in [0, 0.1) is 9.49 Å². The summed E-state index contributed by atoms with van der Waals surface area (Å²) in [6.45, 7) is 1.28. The normalized spacial score (nSPS) is 16.8. The average molecular weight is 413 g/mol. The fourth-order valence-electron chi connectivity index (χ4n) is 2.21. The molecule has 1 fully saturated rings. The number of nitrogens with one attached hydrogen (secondary N) is 1. The molecule has 2 rings (SSSR count). The zero-order valence-electron chi connectivity index (χ0n) is 11.2. The van der Waals surface area contributed by atoms with Gasteiger partial charge in [-0.3, -0.25) is 4.79 Å². The molecule has 3 nitrogen and oxygen atoms in total. The summed E-state index contributed by atoms with van der Waals surface area (Å²) in [5, 5.41) is 2.58. The van der Waals surface area contributed by atoms with Crippen LogP contribution in [0.4, 0.5) is 18.9 Å². The van der Waals surface area contributed by atoms with Gasteiger partial charge in [0, 0.05) is 23.2 Å². The summed E-state index contributed by atoms with van der Waals surface area (Å²) in [5.74, 6) is -0.0126. The van der Waals surface area contributed by atoms with Crippen LogP contribution < -0.4 is 5.32 Å². The molecule has 1 saturated heterocycles. The van der Waals surface area contributed by atoms with Gasteiger partial charge in [0.25, 0.3) is 0 Å². The average Bonchev–Trinajstić information content (AvgIpc) is 2.41. The van der Waals surface area contributed by atoms with Crippen LogP contribution in [0.2, 0.25) is 0 Å². The number of carbonyl (C=O) groups excluding carboxylic acids is 1. The van der Waals surface area contributed by atoms with Crippen LogP contribution in [0.1, 0.15) is 24.8 Å². The van der Waals surface area contributed by atoms with Crippen LogP contribution in [0.25, 0.3) is 0 Å². The lowest BCUT2D eigenvalue weighted by atomic mass is 9.96. The third-order valence-electron chi connectivity index (χ3n) is 3.38. The number of anilines is 1. The van der Waals surface area contributed by atoms with Gasteiger partial charge in [-0.15, -0.1) is 0 Å². The van der Waals surface area contributed by atoms with E-state index < -0.39 is 11.7 Å². The van der Waals surface area contributed by atoms with Gasteiger partial charge in [0.05, 0.1) is 11.3 Å². The second kappa shape index (κ2) is 6.95. The molecule has 0 atom stereocenters. The molecule has 0 aliphatic carbocycles. The van der Waals surface area contributed by atoms with Crippen molar-refractivity contribution in [3.05, 3.63) is 27.3 Å². The van der Waals surface area contributed by atoms with E-state index in [0.717, 1.165) is 25.0 Å². The number of benzene rings is 1. The SMILES string of the molecule is O=C(CC1CCOCC1)Nc1cc(C(F)(F)F)ccc1I. The number of ether oxygens (including phenoxy) is 1. The topological polar surface area (TPSA) is 38.3 Å². The number of halogens is 4. The molecule has 1 aliphatic heterocycles. The number of alkyl halides is 3. The highest BCUT2D eigenvalue weighted by molar-refractivity contribution is 14.1. The van der Waals surface area contributed by atoms with E-state index in [1.165, 1.54) is 6.07 Å². The summed E-state index contributed by atoms with van der Waals surface area (Å²) in [6, 6.07) is 3.34. The minimum atomic E-state index is -4.41. The van der Waals surface area contributed by atoms with E-state index in [1.54, 1.807) is 0 Å². The highest BCUT2D eigenvalue weighted by Gasteiger charge is 2.31. The Balaban J connectivity index is 2.02. The fourth-order valence-corrected chi connectivity index (χ4v) is 2.68. The van der Waals surface area contributed by atoms with Gasteiger partial charge < -0.3 is 10.1 Å². The summed E-state index contributed by atoms with van der Waals surface area (Å²) >= 11 is 1.91. The monoisotopic (exact) mass is 413 g/mol. The molecular weight excluding hydrogens is 398 g/mol. The van der Waals surface area contributed by atoms with Crippen molar-refractivity contribution in [1.29, 1.82) is 0 Å². The fraction of sp³-hybridized carbons (Fsp3) is 0.500. The predicted molar refractivity (Wildman–Crippen MR) is 81.0 cm³/mol. The summed E-state index contributed by atoms with van der Waals surface area (Å²) in [6.07, 6.45) is -2.47. The highest BCUT2D eigenvalue weighted by atomic mass is 127. The standard InChI is InChI=1S/C14H15F3INO2/c15-14(16,17)10-1-2-11(18)12(8-10)19-13(20)7-9-3-5-21-6-4-9/h1-2,8-9H,3-7H2,(H,19,20). The van der Waals surface area contributed by atoms with Crippen molar-refractivity contribution in [3.8, 4) is 0 Å². The Morgan fingerprint density at radius 1 is 1.33 bits per heavy atom. The van der Waals surface area contributed by atoms with Gasteiger partial charge in [-0.1, -0.05) is 0 Å². The van der Waals surface area contributed by atoms with E-state index in [4.69, 9.17) is 4.74 Å². The second-order valence-corrected chi connectivity index (χ2v) is 6.16. The van der Waals surface area contributed by atoms with Gasteiger partial charge in [0.1, 0.15) is 0 Å². The van der Waals surface area contributed by atoms with E-state index in [-0.39, 0.29) is 17.5 Å². The Kier molecular flexibility index (Phi) is 5.48. The predicted octanol–water partition coefficient (Wildman–Crippen LogP) is 4.07. The second-order valence-electron chi connectivity index (χ2n) is 5.00. The maximum absolute atomic E-state index is 12.7. The summed E-state index contributed by atoms with van der Waals surface area (Å²) in [7, 11) is 0. The third-order valence-corrected chi connectivity index (χ3v) is 4.32. The highest BCUT2D eigenvalue weighted by Crippen LogP contribution is 2.32. The molecule has 0 bridgehead atoms. The van der Waals surface area contributed by atoms with Crippen LogP contribution in [0.5, 0.6) is 0 Å². The van der Waals surface area contributed by atoms with Crippen molar-refractivity contribution < 1.29 is 22.7 Å². The lowest BCUT2D eigenvalue weighted by Crippen LogP contribution is -2.22. The molecule has 0 radical (unpaired) electrons. The summed E-state index contributed by atoms with van der Waals surface area (Å²) < 4.78 is 43.8. The molecule has 0 aromatic heterocycles. The van der Waals surface area contributed by atoms with E-state index in [0.29, 0.717) is 23.2 Å². The Morgan fingerprint density at radius 2 is 2.00 bits per heavy atom. The van der Waals surface area contributed by atoms with Gasteiger partial charge in [0.15, 0.2) is 0 Å². The quantitative estimate of drug-likeness (QED) is 0.760. The number of rotatable bonds is 3. The lowest BCUT2D eigenvalue weighted by Gasteiger charge is -2.21. The van der Waals surface area contributed by atoms with Gasteiger partial charge in [-0.25, -0.2) is 0 Å². The van der Waals surface area contributed by atoms with Crippen LogP contribution >= 0.6 is 22.6 Å². The molecule has 0 saturated carbocycles. The molecule has 1 aliphatic rings. The molecule has 1 heterocycles. The van der Waals surface area contributed by atoms with Gasteiger partial charge >= 0.3 is 6.18 Å². The van der Waals surface area contributed by atoms with Crippen molar-refractivity contribution in [2.75, 3.05) is 18.5 Å². The van der Waals surface area contributed by atoms with Crippen molar-refractivity contribution in [2.45, 2.75) is 25.4 Å². The number of hydrogen-bond donors (Lipinski definition) is 1. The smallest absolute Gasteiger partial charge is 0.381 e. The molecule has 1 N–H and O–H groups in total. The Hall–Kier alpha value is -0.830. The van der Waals surface area contributed by atoms with Crippen LogP contribution in [0.3, 0.4) is 0 Å². The summed E-state index contributed by atoms with van der Waals surface area (Å²) in [5.41, 5.74) is -0.549. The maximum atomic E-state index is 12.7. The Bertz CT molecular complexity index is 513.